The van der Waals surface area contributed by atoms with Crippen molar-refractivity contribution in [2.45, 2.75) is 18.2 Å². The van der Waals surface area contributed by atoms with Crippen LogP contribution in [0.5, 0.6) is 0 Å². The normalized spacial score (nSPS) is 14.2. The number of aliphatic carboxylic acids is 1. The van der Waals surface area contributed by atoms with Gasteiger partial charge in [0.2, 0.25) is 6.10 Å². The molecule has 3 unspecified atom stereocenters. The number of carboxylic acids is 1. The Morgan fingerprint density at radius 1 is 1.04 bits per heavy atom. The number of anilines is 1. The molecule has 0 saturated carbocycles. The number of para-hydroxylation sites is 1. The molecule has 2 aromatic rings. The van der Waals surface area contributed by atoms with E-state index in [0.717, 1.165) is 0 Å². The van der Waals surface area contributed by atoms with E-state index < -0.39 is 30.2 Å². The van der Waals surface area contributed by atoms with Crippen molar-refractivity contribution in [1.82, 2.24) is 0 Å². The minimum atomic E-state index is -1.67. The molecule has 2 rings (SSSR count). The van der Waals surface area contributed by atoms with Crippen molar-refractivity contribution in [3.63, 3.8) is 0 Å². The molecule has 0 amide bonds. The van der Waals surface area contributed by atoms with E-state index in [0.29, 0.717) is 11.3 Å². The highest BCUT2D eigenvalue weighted by atomic mass is 16.6. The lowest BCUT2D eigenvalue weighted by molar-refractivity contribution is -0.170. The molecule has 0 aliphatic rings. The second kappa shape index (κ2) is 8.81. The highest BCUT2D eigenvalue weighted by Crippen LogP contribution is 2.15. The molecule has 132 valence electrons. The third kappa shape index (κ3) is 5.30. The number of ether oxygens (including phenoxy) is 1. The lowest BCUT2D eigenvalue weighted by Gasteiger charge is -2.21. The number of hydrogen-bond donors (Lipinski definition) is 4. The first kappa shape index (κ1) is 18.4. The summed E-state index contributed by atoms with van der Waals surface area (Å²) in [6.07, 6.45) is -3.12. The Kier molecular flexibility index (Phi) is 6.50. The van der Waals surface area contributed by atoms with E-state index in [1.165, 1.54) is 0 Å². The second-order valence-electron chi connectivity index (χ2n) is 5.39. The van der Waals surface area contributed by atoms with Gasteiger partial charge in [-0.25, -0.2) is 9.59 Å². The molecule has 0 radical (unpaired) electrons. The zero-order valence-corrected chi connectivity index (χ0v) is 13.4. The van der Waals surface area contributed by atoms with Gasteiger partial charge in [0, 0.05) is 5.69 Å². The number of carboxylic acid groups (broad SMARTS) is 1. The van der Waals surface area contributed by atoms with Gasteiger partial charge in [0.15, 0.2) is 6.10 Å². The van der Waals surface area contributed by atoms with Crippen LogP contribution in [0.25, 0.3) is 0 Å². The first-order valence-electron chi connectivity index (χ1n) is 7.70. The molecule has 5 N–H and O–H groups in total. The largest absolute Gasteiger partial charge is 0.478 e. The van der Waals surface area contributed by atoms with Crippen molar-refractivity contribution in [3.8, 4) is 0 Å². The van der Waals surface area contributed by atoms with Crippen LogP contribution in [0.2, 0.25) is 0 Å². The predicted octanol–water partition coefficient (Wildman–Crippen LogP) is 1.16. The topological polar surface area (TPSA) is 122 Å². The molecule has 0 aliphatic carbocycles. The zero-order chi connectivity index (χ0) is 18.2. The van der Waals surface area contributed by atoms with Crippen molar-refractivity contribution in [1.29, 1.82) is 0 Å². The summed E-state index contributed by atoms with van der Waals surface area (Å²) >= 11 is 0. The number of nitrogens with two attached hydrogens (primary N) is 1. The van der Waals surface area contributed by atoms with Crippen molar-refractivity contribution >= 4 is 17.6 Å². The van der Waals surface area contributed by atoms with Crippen LogP contribution < -0.4 is 11.1 Å². The molecule has 2 aromatic carbocycles. The quantitative estimate of drug-likeness (QED) is 0.530. The molecule has 0 heterocycles. The average molecular weight is 344 g/mol. The maximum Gasteiger partial charge on any atom is 0.346 e. The van der Waals surface area contributed by atoms with Crippen LogP contribution in [-0.4, -0.2) is 40.9 Å². The van der Waals surface area contributed by atoms with Crippen molar-refractivity contribution in [3.05, 3.63) is 66.2 Å². The highest BCUT2D eigenvalue weighted by molar-refractivity contribution is 5.81. The van der Waals surface area contributed by atoms with Gasteiger partial charge in [-0.3, -0.25) is 0 Å². The van der Waals surface area contributed by atoms with Crippen molar-refractivity contribution in [2.24, 2.45) is 5.73 Å². The summed E-state index contributed by atoms with van der Waals surface area (Å²) in [5.41, 5.74) is 7.07. The van der Waals surface area contributed by atoms with E-state index >= 15 is 0 Å². The summed E-state index contributed by atoms with van der Waals surface area (Å²) in [4.78, 5) is 23.3. The molecular formula is C18H20N2O5. The first-order valence-corrected chi connectivity index (χ1v) is 7.70. The fraction of sp³-hybridized carbons (Fsp3) is 0.222. The SMILES string of the molecule is NC(c1ccccc1)C(O)C(=O)OC(CNc1ccccc1)C(=O)O. The van der Waals surface area contributed by atoms with Gasteiger partial charge in [-0.1, -0.05) is 48.5 Å². The molecular weight excluding hydrogens is 324 g/mol. The number of carbonyl (C=O) groups is 2. The third-order valence-corrected chi connectivity index (χ3v) is 3.57. The molecule has 25 heavy (non-hydrogen) atoms. The Morgan fingerprint density at radius 3 is 2.16 bits per heavy atom. The second-order valence-corrected chi connectivity index (χ2v) is 5.39. The van der Waals surface area contributed by atoms with E-state index in [2.05, 4.69) is 5.32 Å². The number of carbonyl (C=O) groups excluding carboxylic acids is 1. The van der Waals surface area contributed by atoms with Gasteiger partial charge >= 0.3 is 11.9 Å². The van der Waals surface area contributed by atoms with Crippen molar-refractivity contribution in [2.75, 3.05) is 11.9 Å². The van der Waals surface area contributed by atoms with Gasteiger partial charge in [0.05, 0.1) is 12.6 Å². The maximum atomic E-state index is 12.0. The molecule has 0 aromatic heterocycles. The van der Waals surface area contributed by atoms with Gasteiger partial charge in [-0.15, -0.1) is 0 Å². The van der Waals surface area contributed by atoms with E-state index in [1.54, 1.807) is 54.6 Å². The van der Waals surface area contributed by atoms with Crippen LogP contribution in [-0.2, 0) is 14.3 Å². The van der Waals surface area contributed by atoms with E-state index in [1.807, 2.05) is 6.07 Å². The molecule has 0 fully saturated rings. The standard InChI is InChI=1S/C18H20N2O5/c19-15(12-7-3-1-4-8-12)16(21)18(24)25-14(17(22)23)11-20-13-9-5-2-6-10-13/h1-10,14-16,20-21H,11,19H2,(H,22,23). The van der Waals surface area contributed by atoms with E-state index in [9.17, 15) is 19.8 Å². The van der Waals surface area contributed by atoms with Crippen LogP contribution in [0.4, 0.5) is 5.69 Å². The maximum absolute atomic E-state index is 12.0. The Balaban J connectivity index is 1.96. The summed E-state index contributed by atoms with van der Waals surface area (Å²) in [5.74, 6) is -2.41. The summed E-state index contributed by atoms with van der Waals surface area (Å²) in [6, 6.07) is 16.4. The van der Waals surface area contributed by atoms with Gasteiger partial charge in [0.1, 0.15) is 0 Å². The molecule has 0 aliphatic heterocycles. The zero-order valence-electron chi connectivity index (χ0n) is 13.4. The Morgan fingerprint density at radius 2 is 1.60 bits per heavy atom. The lowest BCUT2D eigenvalue weighted by atomic mass is 10.0. The first-order chi connectivity index (χ1) is 12.0. The Bertz CT molecular complexity index is 693. The van der Waals surface area contributed by atoms with Crippen LogP contribution in [0.3, 0.4) is 0 Å². The van der Waals surface area contributed by atoms with Gasteiger partial charge in [0.25, 0.3) is 0 Å². The molecule has 0 spiro atoms. The van der Waals surface area contributed by atoms with Crippen molar-refractivity contribution < 1.29 is 24.5 Å². The number of hydrogen-bond acceptors (Lipinski definition) is 6. The number of esters is 1. The fourth-order valence-electron chi connectivity index (χ4n) is 2.16. The monoisotopic (exact) mass is 344 g/mol. The molecule has 7 nitrogen and oxygen atoms in total. The minimum Gasteiger partial charge on any atom is -0.478 e. The van der Waals surface area contributed by atoms with Crippen LogP contribution in [0.1, 0.15) is 11.6 Å². The number of rotatable bonds is 8. The van der Waals surface area contributed by atoms with Gasteiger partial charge in [-0.05, 0) is 17.7 Å². The lowest BCUT2D eigenvalue weighted by Crippen LogP contribution is -2.41. The molecule has 0 saturated heterocycles. The Labute approximate surface area is 145 Å². The average Bonchev–Trinajstić information content (AvgIpc) is 2.65. The van der Waals surface area contributed by atoms with Crippen LogP contribution >= 0.6 is 0 Å². The molecule has 3 atom stereocenters. The van der Waals surface area contributed by atoms with Gasteiger partial charge in [-0.2, -0.15) is 0 Å². The third-order valence-electron chi connectivity index (χ3n) is 3.57. The summed E-state index contributed by atoms with van der Waals surface area (Å²) in [5, 5.41) is 22.1. The summed E-state index contributed by atoms with van der Waals surface area (Å²) in [7, 11) is 0. The fourth-order valence-corrected chi connectivity index (χ4v) is 2.16. The van der Waals surface area contributed by atoms with Gasteiger partial charge < -0.3 is 26.0 Å². The molecule has 0 bridgehead atoms. The minimum absolute atomic E-state index is 0.140. The number of nitrogens with one attached hydrogen (secondary N) is 1. The van der Waals surface area contributed by atoms with Crippen LogP contribution in [0, 0.1) is 0 Å². The number of benzene rings is 2. The van der Waals surface area contributed by atoms with E-state index in [-0.39, 0.29) is 6.54 Å². The summed E-state index contributed by atoms with van der Waals surface area (Å²) in [6.45, 7) is -0.140. The van der Waals surface area contributed by atoms with Crippen LogP contribution in [0.15, 0.2) is 60.7 Å². The highest BCUT2D eigenvalue weighted by Gasteiger charge is 2.30. The summed E-state index contributed by atoms with van der Waals surface area (Å²) < 4.78 is 4.91. The number of aliphatic hydroxyl groups is 1. The van der Waals surface area contributed by atoms with E-state index in [4.69, 9.17) is 10.5 Å². The predicted molar refractivity (Wildman–Crippen MR) is 91.8 cm³/mol. The smallest absolute Gasteiger partial charge is 0.346 e. The molecule has 7 heteroatoms. The number of aliphatic hydroxyl groups excluding tert-OH is 1. The Hall–Kier alpha value is -2.90.